The molecule has 6 rings (SSSR count). The number of fused-ring (bicyclic) bond motifs is 2. The van der Waals surface area contributed by atoms with Crippen molar-refractivity contribution in [1.29, 1.82) is 0 Å². The van der Waals surface area contributed by atoms with E-state index >= 15 is 0 Å². The number of benzene rings is 1. The van der Waals surface area contributed by atoms with Crippen LogP contribution in [0.1, 0.15) is 94.1 Å². The molecule has 3 fully saturated rings. The number of likely N-dealkylation sites (N-methyl/N-ethyl adjacent to an activating group) is 1. The van der Waals surface area contributed by atoms with Crippen LogP contribution < -0.4 is 15.0 Å². The van der Waals surface area contributed by atoms with Gasteiger partial charge in [-0.3, -0.25) is 14.8 Å². The maximum Gasteiger partial charge on any atom is 0.318 e. The number of nitrogens with one attached hydrogen (secondary N) is 1. The monoisotopic (exact) mass is 731 g/mol. The number of allylic oxidation sites excluding steroid dienone is 6. The number of aliphatic imine (C=N–C) groups is 1. The maximum atomic E-state index is 12.6. The predicted octanol–water partition coefficient (Wildman–Crippen LogP) is 8.50. The molecule has 1 aromatic heterocycles. The number of methoxy groups -OCH3 is 1. The summed E-state index contributed by atoms with van der Waals surface area (Å²) in [5, 5.41) is 4.43. The number of anilines is 1. The van der Waals surface area contributed by atoms with E-state index in [1.54, 1.807) is 13.3 Å². The third-order valence-corrected chi connectivity index (χ3v) is 11.3. The first kappa shape index (κ1) is 39.7. The Hall–Kier alpha value is -3.53. The summed E-state index contributed by atoms with van der Waals surface area (Å²) in [5.41, 5.74) is 8.52. The normalized spacial score (nSPS) is 23.8. The van der Waals surface area contributed by atoms with E-state index in [-0.39, 0.29) is 6.04 Å². The molecule has 3 saturated heterocycles. The largest absolute Gasteiger partial charge is 0.467 e. The van der Waals surface area contributed by atoms with Gasteiger partial charge >= 0.3 is 6.01 Å². The summed E-state index contributed by atoms with van der Waals surface area (Å²) in [7, 11) is 3.87. The summed E-state index contributed by atoms with van der Waals surface area (Å²) in [6.07, 6.45) is 16.2. The van der Waals surface area contributed by atoms with Crippen molar-refractivity contribution in [2.45, 2.75) is 103 Å². The maximum absolute atomic E-state index is 12.6. The summed E-state index contributed by atoms with van der Waals surface area (Å²) in [6, 6.07) is 10.1. The lowest BCUT2D eigenvalue weighted by atomic mass is 9.89. The van der Waals surface area contributed by atoms with Gasteiger partial charge in [-0.05, 0) is 95.0 Å². The van der Waals surface area contributed by atoms with E-state index in [0.717, 1.165) is 98.9 Å². The van der Waals surface area contributed by atoms with Crippen molar-refractivity contribution in [3.8, 4) is 6.01 Å². The molecule has 0 radical (unpaired) electrons. The fourth-order valence-electron chi connectivity index (χ4n) is 7.99. The minimum atomic E-state index is -0.518. The molecule has 1 aromatic carbocycles. The second-order valence-corrected chi connectivity index (χ2v) is 14.8. The van der Waals surface area contributed by atoms with E-state index in [1.807, 2.05) is 12.2 Å². The number of hydrogen-bond donors (Lipinski definition) is 1. The fraction of sp³-hybridized carbons (Fsp3) is 0.548. The Bertz CT molecular complexity index is 1630. The van der Waals surface area contributed by atoms with Crippen LogP contribution in [0.15, 0.2) is 75.6 Å². The zero-order valence-corrected chi connectivity index (χ0v) is 32.8. The molecular formula is C42H59ClFN7O. The number of nitrogens with zero attached hydrogens (tertiary/aromatic N) is 6. The molecule has 0 aliphatic carbocycles. The fourth-order valence-corrected chi connectivity index (χ4v) is 8.36. The van der Waals surface area contributed by atoms with Crippen LogP contribution in [-0.4, -0.2) is 85.6 Å². The average Bonchev–Trinajstić information content (AvgIpc) is 3.64. The van der Waals surface area contributed by atoms with Gasteiger partial charge in [-0.2, -0.15) is 9.97 Å². The van der Waals surface area contributed by atoms with E-state index in [4.69, 9.17) is 26.3 Å². The van der Waals surface area contributed by atoms with Gasteiger partial charge in [-0.15, -0.1) is 0 Å². The lowest BCUT2D eigenvalue weighted by Crippen LogP contribution is -2.36. The molecule has 52 heavy (non-hydrogen) atoms. The van der Waals surface area contributed by atoms with Crippen LogP contribution in [0.3, 0.4) is 0 Å². The Balaban J connectivity index is 0.000000499. The zero-order valence-electron chi connectivity index (χ0n) is 32.0. The zero-order chi connectivity index (χ0) is 37.0. The third-order valence-electron chi connectivity index (χ3n) is 10.9. The second kappa shape index (κ2) is 19.5. The SMILES string of the molecule is C=N/C=C\C=C/CC(=C(/C)CC)/C(Cl)=C1/CN(c2nc(OC)nc3c2CN(C)C(c2ccccc2CCC)C3)CCCN1.FC1CC2CCCN2C1. The smallest absolute Gasteiger partial charge is 0.318 e. The van der Waals surface area contributed by atoms with Gasteiger partial charge < -0.3 is 15.0 Å². The second-order valence-electron chi connectivity index (χ2n) is 14.4. The Morgan fingerprint density at radius 2 is 1.98 bits per heavy atom. The number of aryl methyl sites for hydroxylation is 1. The summed E-state index contributed by atoms with van der Waals surface area (Å²) < 4.78 is 18.3. The van der Waals surface area contributed by atoms with Crippen molar-refractivity contribution < 1.29 is 9.13 Å². The molecular weight excluding hydrogens is 673 g/mol. The molecule has 3 unspecified atom stereocenters. The molecule has 4 aliphatic heterocycles. The first-order chi connectivity index (χ1) is 25.3. The van der Waals surface area contributed by atoms with Crippen LogP contribution in [0, 0.1) is 0 Å². The summed E-state index contributed by atoms with van der Waals surface area (Å²) in [6.45, 7) is 15.1. The van der Waals surface area contributed by atoms with Crippen molar-refractivity contribution in [2.24, 2.45) is 4.99 Å². The summed E-state index contributed by atoms with van der Waals surface area (Å²) >= 11 is 7.20. The number of halogens is 2. The van der Waals surface area contributed by atoms with E-state index in [0.29, 0.717) is 25.1 Å². The molecule has 10 heteroatoms. The Morgan fingerprint density at radius 3 is 2.73 bits per heavy atom. The molecule has 1 N–H and O–H groups in total. The topological polar surface area (TPSA) is 69.1 Å². The number of alkyl halides is 1. The number of rotatable bonds is 11. The summed E-state index contributed by atoms with van der Waals surface area (Å²) in [4.78, 5) is 20.7. The predicted molar refractivity (Wildman–Crippen MR) is 214 cm³/mol. The highest BCUT2D eigenvalue weighted by atomic mass is 35.5. The molecule has 8 nitrogen and oxygen atoms in total. The quantitative estimate of drug-likeness (QED) is 0.184. The standard InChI is InChI=1S/C35H47ClN6O.C7H12FN/c1-7-15-26-16-11-12-18-28(26)32-22-30-29(23-41(32)5)34(40-35(39-30)43-6)42-21-14-20-38-31(24-42)33(36)27(25(3)8-2)17-10-9-13-19-37-4;8-6-4-7-2-1-3-9(7)5-6/h9-13,16,18-19,32,38H,4,7-8,14-15,17,20-24H2,1-3,5-6H3;6-7H,1-5H2/b10-9-,19-13-,27-25+,33-31+;. The first-order valence-electron chi connectivity index (χ1n) is 19.2. The average molecular weight is 732 g/mol. The molecule has 3 atom stereocenters. The van der Waals surface area contributed by atoms with Crippen LogP contribution in [-0.2, 0) is 19.4 Å². The number of ether oxygens (including phenoxy) is 1. The molecule has 0 spiro atoms. The van der Waals surface area contributed by atoms with Gasteiger partial charge in [0.15, 0.2) is 0 Å². The van der Waals surface area contributed by atoms with E-state index in [9.17, 15) is 4.39 Å². The van der Waals surface area contributed by atoms with Gasteiger partial charge in [-0.25, -0.2) is 4.39 Å². The van der Waals surface area contributed by atoms with E-state index < -0.39 is 6.17 Å². The molecule has 0 bridgehead atoms. The summed E-state index contributed by atoms with van der Waals surface area (Å²) in [5.74, 6) is 0.944. The Labute approximate surface area is 316 Å². The first-order valence-corrected chi connectivity index (χ1v) is 19.6. The molecule has 0 saturated carbocycles. The lowest BCUT2D eigenvalue weighted by molar-refractivity contribution is 0.212. The number of hydrogen-bond acceptors (Lipinski definition) is 8. The highest BCUT2D eigenvalue weighted by molar-refractivity contribution is 6.32. The number of aromatic nitrogens is 2. The van der Waals surface area contributed by atoms with Crippen molar-refractivity contribution in [3.05, 3.63) is 93.0 Å². The van der Waals surface area contributed by atoms with Gasteiger partial charge in [0.25, 0.3) is 0 Å². The molecule has 5 heterocycles. The Kier molecular flexibility index (Phi) is 14.9. The molecule has 0 amide bonds. The van der Waals surface area contributed by atoms with Crippen LogP contribution >= 0.6 is 11.6 Å². The van der Waals surface area contributed by atoms with Crippen molar-refractivity contribution in [3.63, 3.8) is 0 Å². The van der Waals surface area contributed by atoms with Gasteiger partial charge in [-0.1, -0.05) is 73.9 Å². The molecule has 4 aliphatic rings. The van der Waals surface area contributed by atoms with Gasteiger partial charge in [0.1, 0.15) is 12.0 Å². The van der Waals surface area contributed by atoms with E-state index in [1.165, 1.54) is 35.1 Å². The molecule has 2 aromatic rings. The minimum absolute atomic E-state index is 0.258. The minimum Gasteiger partial charge on any atom is -0.467 e. The van der Waals surface area contributed by atoms with Gasteiger partial charge in [0.2, 0.25) is 0 Å². The van der Waals surface area contributed by atoms with E-state index in [2.05, 4.69) is 89.9 Å². The highest BCUT2D eigenvalue weighted by Gasteiger charge is 2.35. The third kappa shape index (κ3) is 9.91. The van der Waals surface area contributed by atoms with Crippen LogP contribution in [0.25, 0.3) is 0 Å². The van der Waals surface area contributed by atoms with Crippen molar-refractivity contribution >= 4 is 24.1 Å². The van der Waals surface area contributed by atoms with Crippen LogP contribution in [0.5, 0.6) is 6.01 Å². The lowest BCUT2D eigenvalue weighted by Gasteiger charge is -2.37. The van der Waals surface area contributed by atoms with Crippen molar-refractivity contribution in [1.82, 2.24) is 25.1 Å². The van der Waals surface area contributed by atoms with Crippen LogP contribution in [0.4, 0.5) is 10.2 Å². The van der Waals surface area contributed by atoms with Crippen LogP contribution in [0.2, 0.25) is 0 Å². The molecule has 282 valence electrons. The Morgan fingerprint density at radius 1 is 1.15 bits per heavy atom. The van der Waals surface area contributed by atoms with Gasteiger partial charge in [0.05, 0.1) is 24.4 Å². The van der Waals surface area contributed by atoms with Gasteiger partial charge in [0, 0.05) is 62.1 Å². The highest BCUT2D eigenvalue weighted by Crippen LogP contribution is 2.38. The van der Waals surface area contributed by atoms with Crippen molar-refractivity contribution in [2.75, 3.05) is 51.8 Å².